The van der Waals surface area contributed by atoms with Crippen LogP contribution in [0.25, 0.3) is 0 Å². The Bertz CT molecular complexity index is 510. The molecule has 0 unspecified atom stereocenters. The number of ether oxygens (including phenoxy) is 1. The van der Waals surface area contributed by atoms with Crippen LogP contribution >= 0.6 is 0 Å². The molecule has 1 N–H and O–H groups in total. The van der Waals surface area contributed by atoms with Crippen molar-refractivity contribution in [1.29, 1.82) is 0 Å². The van der Waals surface area contributed by atoms with Crippen molar-refractivity contribution in [3.63, 3.8) is 0 Å². The first-order valence-corrected chi connectivity index (χ1v) is 7.54. The number of aryl methyl sites for hydroxylation is 2. The normalized spacial score (nSPS) is 16.0. The molecule has 1 aromatic carbocycles. The molecular formula is C17H26N2O2. The zero-order valence-electron chi connectivity index (χ0n) is 13.5. The van der Waals surface area contributed by atoms with Gasteiger partial charge in [-0.1, -0.05) is 6.07 Å². The smallest absolute Gasteiger partial charge is 0.225 e. The molecule has 1 aromatic rings. The molecule has 1 aliphatic carbocycles. The topological polar surface area (TPSA) is 41.6 Å². The fraction of sp³-hybridized carbons (Fsp3) is 0.588. The summed E-state index contributed by atoms with van der Waals surface area (Å²) in [5.74, 6) is 0.0679. The second-order valence-electron chi connectivity index (χ2n) is 6.18. The lowest BCUT2D eigenvalue weighted by Gasteiger charge is -2.27. The van der Waals surface area contributed by atoms with Crippen molar-refractivity contribution < 1.29 is 9.53 Å². The minimum Gasteiger partial charge on any atom is -0.383 e. The van der Waals surface area contributed by atoms with Gasteiger partial charge in [0.15, 0.2) is 0 Å². The number of hydrogen-bond donors (Lipinski definition) is 1. The highest BCUT2D eigenvalue weighted by molar-refractivity contribution is 5.90. The van der Waals surface area contributed by atoms with E-state index in [0.717, 1.165) is 31.7 Å². The molecule has 4 nitrogen and oxygen atoms in total. The minimum atomic E-state index is 0.0679. The number of nitrogens with one attached hydrogen (secondary N) is 1. The predicted octanol–water partition coefficient (Wildman–Crippen LogP) is 2.74. The van der Waals surface area contributed by atoms with E-state index in [1.54, 1.807) is 7.11 Å². The van der Waals surface area contributed by atoms with E-state index >= 15 is 0 Å². The van der Waals surface area contributed by atoms with Crippen LogP contribution in [0.4, 0.5) is 5.69 Å². The molecule has 0 saturated heterocycles. The van der Waals surface area contributed by atoms with Crippen LogP contribution < -0.4 is 5.32 Å². The van der Waals surface area contributed by atoms with E-state index in [4.69, 9.17) is 4.74 Å². The number of hydrogen-bond acceptors (Lipinski definition) is 3. The van der Waals surface area contributed by atoms with Gasteiger partial charge in [-0.05, 0) is 57.0 Å². The fourth-order valence-electron chi connectivity index (χ4n) is 2.60. The molecule has 0 radical (unpaired) electrons. The van der Waals surface area contributed by atoms with Crippen LogP contribution in [0.1, 0.15) is 30.4 Å². The molecule has 21 heavy (non-hydrogen) atoms. The number of carbonyl (C=O) groups excluding carboxylic acids is 1. The van der Waals surface area contributed by atoms with E-state index in [2.05, 4.69) is 31.1 Å². The molecule has 0 aromatic heterocycles. The minimum absolute atomic E-state index is 0.0679. The highest BCUT2D eigenvalue weighted by atomic mass is 16.5. The summed E-state index contributed by atoms with van der Waals surface area (Å²) in [7, 11) is 3.82. The third-order valence-corrected chi connectivity index (χ3v) is 4.51. The molecule has 1 aliphatic rings. The number of anilines is 1. The lowest BCUT2D eigenvalue weighted by atomic mass is 10.1. The quantitative estimate of drug-likeness (QED) is 0.839. The maximum atomic E-state index is 12.0. The lowest BCUT2D eigenvalue weighted by Crippen LogP contribution is -2.39. The van der Waals surface area contributed by atoms with E-state index in [-0.39, 0.29) is 11.4 Å². The van der Waals surface area contributed by atoms with Crippen LogP contribution in [-0.2, 0) is 9.53 Å². The summed E-state index contributed by atoms with van der Waals surface area (Å²) in [6.45, 7) is 5.64. The van der Waals surface area contributed by atoms with Crippen LogP contribution in [0.15, 0.2) is 18.2 Å². The summed E-state index contributed by atoms with van der Waals surface area (Å²) in [5, 5.41) is 2.97. The molecule has 1 fully saturated rings. The molecule has 0 atom stereocenters. The van der Waals surface area contributed by atoms with Gasteiger partial charge in [-0.15, -0.1) is 0 Å². The Balaban J connectivity index is 1.81. The maximum Gasteiger partial charge on any atom is 0.225 e. The van der Waals surface area contributed by atoms with Crippen molar-refractivity contribution in [1.82, 2.24) is 4.90 Å². The zero-order valence-corrected chi connectivity index (χ0v) is 13.5. The van der Waals surface area contributed by atoms with Crippen molar-refractivity contribution in [2.75, 3.05) is 32.6 Å². The van der Waals surface area contributed by atoms with E-state index in [1.807, 2.05) is 18.2 Å². The number of likely N-dealkylation sites (N-methyl/N-ethyl adjacent to an activating group) is 1. The molecule has 1 saturated carbocycles. The van der Waals surface area contributed by atoms with Gasteiger partial charge in [-0.25, -0.2) is 0 Å². The Morgan fingerprint density at radius 1 is 1.33 bits per heavy atom. The zero-order chi connectivity index (χ0) is 15.5. The van der Waals surface area contributed by atoms with Crippen molar-refractivity contribution in [2.45, 2.75) is 38.6 Å². The van der Waals surface area contributed by atoms with Gasteiger partial charge in [-0.3, -0.25) is 9.69 Å². The summed E-state index contributed by atoms with van der Waals surface area (Å²) in [5.41, 5.74) is 3.49. The standard InChI is InChI=1S/C17H26N2O2/c1-13-5-6-15(11-14(13)2)18-16(20)7-10-19(3)17(8-9-17)12-21-4/h5-6,11H,7-10,12H2,1-4H3,(H,18,20). The van der Waals surface area contributed by atoms with Gasteiger partial charge in [-0.2, -0.15) is 0 Å². The first-order valence-electron chi connectivity index (χ1n) is 7.54. The number of benzene rings is 1. The highest BCUT2D eigenvalue weighted by Gasteiger charge is 2.46. The lowest BCUT2D eigenvalue weighted by molar-refractivity contribution is -0.116. The molecule has 0 aliphatic heterocycles. The molecule has 0 heterocycles. The van der Waals surface area contributed by atoms with Gasteiger partial charge in [0.2, 0.25) is 5.91 Å². The summed E-state index contributed by atoms with van der Waals surface area (Å²) < 4.78 is 5.27. The van der Waals surface area contributed by atoms with Crippen molar-refractivity contribution in [3.8, 4) is 0 Å². The Hall–Kier alpha value is -1.39. The maximum absolute atomic E-state index is 12.0. The van der Waals surface area contributed by atoms with E-state index in [0.29, 0.717) is 6.42 Å². The van der Waals surface area contributed by atoms with Crippen molar-refractivity contribution in [2.24, 2.45) is 0 Å². The molecule has 4 heteroatoms. The Kier molecular flexibility index (Phi) is 5.01. The first kappa shape index (κ1) is 16.0. The number of carbonyl (C=O) groups is 1. The molecule has 0 bridgehead atoms. The van der Waals surface area contributed by atoms with E-state index < -0.39 is 0 Å². The number of nitrogens with zero attached hydrogens (tertiary/aromatic N) is 1. The summed E-state index contributed by atoms with van der Waals surface area (Å²) in [4.78, 5) is 14.3. The summed E-state index contributed by atoms with van der Waals surface area (Å²) >= 11 is 0. The van der Waals surface area contributed by atoms with Gasteiger partial charge >= 0.3 is 0 Å². The van der Waals surface area contributed by atoms with Gasteiger partial charge in [0.25, 0.3) is 0 Å². The SMILES string of the molecule is COCC1(N(C)CCC(=O)Nc2ccc(C)c(C)c2)CC1. The molecule has 2 rings (SSSR count). The van der Waals surface area contributed by atoms with E-state index in [9.17, 15) is 4.79 Å². The largest absolute Gasteiger partial charge is 0.383 e. The van der Waals surface area contributed by atoms with Gasteiger partial charge in [0.05, 0.1) is 6.61 Å². The number of rotatable bonds is 7. The number of methoxy groups -OCH3 is 1. The van der Waals surface area contributed by atoms with Gasteiger partial charge in [0.1, 0.15) is 0 Å². The monoisotopic (exact) mass is 290 g/mol. The van der Waals surface area contributed by atoms with Crippen LogP contribution in [0.5, 0.6) is 0 Å². The highest BCUT2D eigenvalue weighted by Crippen LogP contribution is 2.40. The van der Waals surface area contributed by atoms with E-state index in [1.165, 1.54) is 11.1 Å². The first-order chi connectivity index (χ1) is 9.97. The third kappa shape index (κ3) is 4.05. The van der Waals surface area contributed by atoms with Gasteiger partial charge < -0.3 is 10.1 Å². The van der Waals surface area contributed by atoms with Crippen LogP contribution in [0.3, 0.4) is 0 Å². The van der Waals surface area contributed by atoms with Gasteiger partial charge in [0, 0.05) is 31.3 Å². The second-order valence-corrected chi connectivity index (χ2v) is 6.18. The number of amides is 1. The second kappa shape index (κ2) is 6.58. The van der Waals surface area contributed by atoms with Crippen LogP contribution in [0.2, 0.25) is 0 Å². The molecule has 116 valence electrons. The predicted molar refractivity (Wildman–Crippen MR) is 85.6 cm³/mol. The summed E-state index contributed by atoms with van der Waals surface area (Å²) in [6.07, 6.45) is 2.83. The van der Waals surface area contributed by atoms with Crippen molar-refractivity contribution in [3.05, 3.63) is 29.3 Å². The Labute approximate surface area is 127 Å². The van der Waals surface area contributed by atoms with Crippen LogP contribution in [-0.4, -0.2) is 43.7 Å². The van der Waals surface area contributed by atoms with Crippen LogP contribution in [0, 0.1) is 13.8 Å². The average molecular weight is 290 g/mol. The average Bonchev–Trinajstić information content (AvgIpc) is 3.22. The Morgan fingerprint density at radius 2 is 2.05 bits per heavy atom. The molecular weight excluding hydrogens is 264 g/mol. The fourth-order valence-corrected chi connectivity index (χ4v) is 2.60. The molecule has 1 amide bonds. The summed E-state index contributed by atoms with van der Waals surface area (Å²) in [6, 6.07) is 6.01. The Morgan fingerprint density at radius 3 is 2.62 bits per heavy atom. The molecule has 0 spiro atoms. The van der Waals surface area contributed by atoms with Crippen molar-refractivity contribution >= 4 is 11.6 Å². The third-order valence-electron chi connectivity index (χ3n) is 4.51.